The average Bonchev–Trinajstić information content (AvgIpc) is 2.78. The fourth-order valence-corrected chi connectivity index (χ4v) is 3.26. The first kappa shape index (κ1) is 19.8. The van der Waals surface area contributed by atoms with E-state index >= 15 is 0 Å². The zero-order valence-electron chi connectivity index (χ0n) is 16.4. The minimum absolute atomic E-state index is 0.0335. The van der Waals surface area contributed by atoms with Crippen LogP contribution in [-0.2, 0) is 0 Å². The lowest BCUT2D eigenvalue weighted by Gasteiger charge is -2.08. The number of hydrogen-bond donors (Lipinski definition) is 2. The SMILES string of the molecule is COc1ccc(NC(=O)c2ccc(-c3ccc4ccccc4c3)[nH]c2=O)c([N+](=O)[O-])c1. The number of nitro groups is 1. The van der Waals surface area contributed by atoms with E-state index in [4.69, 9.17) is 4.74 Å². The lowest BCUT2D eigenvalue weighted by Crippen LogP contribution is -2.23. The van der Waals surface area contributed by atoms with Crippen LogP contribution in [0.2, 0.25) is 0 Å². The zero-order valence-corrected chi connectivity index (χ0v) is 16.4. The number of benzene rings is 3. The molecule has 0 aliphatic rings. The van der Waals surface area contributed by atoms with Crippen molar-refractivity contribution in [2.24, 2.45) is 0 Å². The van der Waals surface area contributed by atoms with E-state index in [-0.39, 0.29) is 22.7 Å². The van der Waals surface area contributed by atoms with Crippen molar-refractivity contribution in [3.05, 3.63) is 98.8 Å². The van der Waals surface area contributed by atoms with Gasteiger partial charge in [0, 0.05) is 5.69 Å². The van der Waals surface area contributed by atoms with E-state index in [1.165, 1.54) is 31.4 Å². The van der Waals surface area contributed by atoms with Gasteiger partial charge in [-0.15, -0.1) is 0 Å². The van der Waals surface area contributed by atoms with Gasteiger partial charge in [0.05, 0.1) is 18.1 Å². The molecule has 0 saturated heterocycles. The monoisotopic (exact) mass is 415 g/mol. The Morgan fingerprint density at radius 1 is 1.00 bits per heavy atom. The molecule has 0 saturated carbocycles. The summed E-state index contributed by atoms with van der Waals surface area (Å²) < 4.78 is 4.98. The highest BCUT2D eigenvalue weighted by molar-refractivity contribution is 6.05. The Balaban J connectivity index is 1.63. The number of H-pyrrole nitrogens is 1. The molecule has 31 heavy (non-hydrogen) atoms. The summed E-state index contributed by atoms with van der Waals surface area (Å²) in [6, 6.07) is 20.7. The van der Waals surface area contributed by atoms with Crippen LogP contribution in [-0.4, -0.2) is 22.9 Å². The third-order valence-corrected chi connectivity index (χ3v) is 4.86. The van der Waals surface area contributed by atoms with Crippen LogP contribution in [0.5, 0.6) is 5.75 Å². The molecule has 2 N–H and O–H groups in total. The summed E-state index contributed by atoms with van der Waals surface area (Å²) in [7, 11) is 1.38. The minimum atomic E-state index is -0.750. The van der Waals surface area contributed by atoms with E-state index in [9.17, 15) is 19.7 Å². The molecule has 0 atom stereocenters. The van der Waals surface area contributed by atoms with Crippen molar-refractivity contribution in [1.29, 1.82) is 0 Å². The number of rotatable bonds is 5. The van der Waals surface area contributed by atoms with Crippen molar-refractivity contribution in [3.63, 3.8) is 0 Å². The molecule has 4 rings (SSSR count). The van der Waals surface area contributed by atoms with Gasteiger partial charge in [-0.2, -0.15) is 0 Å². The molecule has 0 aliphatic carbocycles. The highest BCUT2D eigenvalue weighted by Gasteiger charge is 2.19. The summed E-state index contributed by atoms with van der Waals surface area (Å²) in [5, 5.41) is 15.8. The molecule has 8 nitrogen and oxygen atoms in total. The molecular weight excluding hydrogens is 398 g/mol. The van der Waals surface area contributed by atoms with Gasteiger partial charge >= 0.3 is 0 Å². The number of pyridine rings is 1. The van der Waals surface area contributed by atoms with Gasteiger partial charge in [-0.3, -0.25) is 19.7 Å². The number of fused-ring (bicyclic) bond motifs is 1. The standard InChI is InChI=1S/C23H17N3O5/c1-31-17-8-10-20(21(13-17)26(29)30)25-23(28)18-9-11-19(24-22(18)27)16-7-6-14-4-2-3-5-15(14)12-16/h2-13H,1H3,(H,24,27)(H,25,28). The van der Waals surface area contributed by atoms with Gasteiger partial charge in [0.1, 0.15) is 17.0 Å². The van der Waals surface area contributed by atoms with Crippen molar-refractivity contribution in [3.8, 4) is 17.0 Å². The summed E-state index contributed by atoms with van der Waals surface area (Å²) in [6.07, 6.45) is 0. The number of amides is 1. The highest BCUT2D eigenvalue weighted by Crippen LogP contribution is 2.29. The molecule has 0 spiro atoms. The lowest BCUT2D eigenvalue weighted by molar-refractivity contribution is -0.384. The molecule has 0 bridgehead atoms. The Hall–Kier alpha value is -4.46. The molecule has 0 fully saturated rings. The first-order valence-electron chi connectivity index (χ1n) is 9.32. The van der Waals surface area contributed by atoms with E-state index in [1.54, 1.807) is 6.07 Å². The number of carbonyl (C=O) groups is 1. The number of aromatic nitrogens is 1. The maximum absolute atomic E-state index is 12.6. The number of methoxy groups -OCH3 is 1. The molecule has 0 radical (unpaired) electrons. The van der Waals surface area contributed by atoms with Crippen molar-refractivity contribution in [2.75, 3.05) is 12.4 Å². The van der Waals surface area contributed by atoms with Crippen molar-refractivity contribution in [1.82, 2.24) is 4.98 Å². The second-order valence-corrected chi connectivity index (χ2v) is 6.77. The predicted octanol–water partition coefficient (Wildman–Crippen LogP) is 4.36. The topological polar surface area (TPSA) is 114 Å². The molecule has 0 unspecified atom stereocenters. The van der Waals surface area contributed by atoms with Crippen LogP contribution >= 0.6 is 0 Å². The quantitative estimate of drug-likeness (QED) is 0.371. The Labute approximate surface area is 176 Å². The number of anilines is 1. The van der Waals surface area contributed by atoms with E-state index in [0.29, 0.717) is 5.69 Å². The Morgan fingerprint density at radius 2 is 1.77 bits per heavy atom. The molecule has 8 heteroatoms. The number of nitro benzene ring substituents is 1. The van der Waals surface area contributed by atoms with Gasteiger partial charge in [0.2, 0.25) is 0 Å². The van der Waals surface area contributed by atoms with Gasteiger partial charge in [-0.25, -0.2) is 0 Å². The first-order valence-corrected chi connectivity index (χ1v) is 9.32. The van der Waals surface area contributed by atoms with E-state index < -0.39 is 16.4 Å². The second-order valence-electron chi connectivity index (χ2n) is 6.77. The maximum Gasteiger partial charge on any atom is 0.296 e. The van der Waals surface area contributed by atoms with Gasteiger partial charge in [-0.1, -0.05) is 36.4 Å². The number of ether oxygens (including phenoxy) is 1. The highest BCUT2D eigenvalue weighted by atomic mass is 16.6. The van der Waals surface area contributed by atoms with Crippen LogP contribution in [0.4, 0.5) is 11.4 Å². The summed E-state index contributed by atoms with van der Waals surface area (Å²) >= 11 is 0. The van der Waals surface area contributed by atoms with Crippen LogP contribution in [0.15, 0.2) is 77.6 Å². The van der Waals surface area contributed by atoms with Gasteiger partial charge in [0.15, 0.2) is 0 Å². The van der Waals surface area contributed by atoms with Gasteiger partial charge in [0.25, 0.3) is 17.2 Å². The largest absolute Gasteiger partial charge is 0.496 e. The minimum Gasteiger partial charge on any atom is -0.496 e. The van der Waals surface area contributed by atoms with E-state index in [1.807, 2.05) is 42.5 Å². The second kappa shape index (κ2) is 8.11. The number of carbonyl (C=O) groups excluding carboxylic acids is 1. The van der Waals surface area contributed by atoms with Crippen molar-refractivity contribution >= 4 is 28.1 Å². The molecule has 1 aromatic heterocycles. The zero-order chi connectivity index (χ0) is 22.0. The third-order valence-electron chi connectivity index (χ3n) is 4.86. The predicted molar refractivity (Wildman–Crippen MR) is 118 cm³/mol. The summed E-state index contributed by atoms with van der Waals surface area (Å²) in [5.74, 6) is -0.470. The normalized spacial score (nSPS) is 10.6. The maximum atomic E-state index is 12.6. The summed E-state index contributed by atoms with van der Waals surface area (Å²) in [4.78, 5) is 38.5. The molecule has 3 aromatic carbocycles. The van der Waals surface area contributed by atoms with Gasteiger partial charge < -0.3 is 15.0 Å². The lowest BCUT2D eigenvalue weighted by atomic mass is 10.0. The fraction of sp³-hybridized carbons (Fsp3) is 0.0435. The van der Waals surface area contributed by atoms with Crippen molar-refractivity contribution in [2.45, 2.75) is 0 Å². The average molecular weight is 415 g/mol. The van der Waals surface area contributed by atoms with Crippen molar-refractivity contribution < 1.29 is 14.5 Å². The number of nitrogens with zero attached hydrogens (tertiary/aromatic N) is 1. The van der Waals surface area contributed by atoms with Crippen LogP contribution in [0, 0.1) is 10.1 Å². The third kappa shape index (κ3) is 3.99. The van der Waals surface area contributed by atoms with E-state index in [0.717, 1.165) is 16.3 Å². The van der Waals surface area contributed by atoms with Crippen LogP contribution in [0.25, 0.3) is 22.0 Å². The number of nitrogens with one attached hydrogen (secondary N) is 2. The summed E-state index contributed by atoms with van der Waals surface area (Å²) in [6.45, 7) is 0. The van der Waals surface area contributed by atoms with Crippen LogP contribution in [0.1, 0.15) is 10.4 Å². The smallest absolute Gasteiger partial charge is 0.296 e. The molecule has 0 aliphatic heterocycles. The summed E-state index contributed by atoms with van der Waals surface area (Å²) in [5.41, 5.74) is 0.232. The van der Waals surface area contributed by atoms with Gasteiger partial charge in [-0.05, 0) is 46.7 Å². The molecule has 4 aromatic rings. The first-order chi connectivity index (χ1) is 15.0. The molecule has 1 heterocycles. The Kier molecular flexibility index (Phi) is 5.19. The molecule has 154 valence electrons. The Bertz CT molecular complexity index is 1380. The molecular formula is C23H17N3O5. The fourth-order valence-electron chi connectivity index (χ4n) is 3.26. The number of aromatic amines is 1. The number of hydrogen-bond acceptors (Lipinski definition) is 5. The van der Waals surface area contributed by atoms with Crippen LogP contribution in [0.3, 0.4) is 0 Å². The molecule has 1 amide bonds. The Morgan fingerprint density at radius 3 is 2.48 bits per heavy atom. The van der Waals surface area contributed by atoms with E-state index in [2.05, 4.69) is 10.3 Å². The van der Waals surface area contributed by atoms with Crippen LogP contribution < -0.4 is 15.6 Å².